The van der Waals surface area contributed by atoms with E-state index in [9.17, 15) is 14.4 Å². The van der Waals surface area contributed by atoms with Crippen LogP contribution in [-0.4, -0.2) is 37.2 Å². The van der Waals surface area contributed by atoms with Gasteiger partial charge in [0.25, 0.3) is 0 Å². The summed E-state index contributed by atoms with van der Waals surface area (Å²) in [5.74, 6) is 0.880. The van der Waals surface area contributed by atoms with Crippen LogP contribution in [-0.2, 0) is 28.6 Å². The van der Waals surface area contributed by atoms with Crippen LogP contribution in [0.5, 0.6) is 0 Å². The maximum atomic E-state index is 12.8. The summed E-state index contributed by atoms with van der Waals surface area (Å²) in [6.07, 6.45) is 55.1. The Morgan fingerprint density at radius 3 is 0.877 bits per heavy atom. The molecule has 0 heterocycles. The summed E-state index contributed by atoms with van der Waals surface area (Å²) in [4.78, 5) is 38.2. The van der Waals surface area contributed by atoms with E-state index in [1.807, 2.05) is 0 Å². The molecule has 0 saturated carbocycles. The molecule has 0 rings (SSSR count). The number of rotatable bonds is 53. The van der Waals surface area contributed by atoms with E-state index < -0.39 is 6.10 Å². The molecule has 0 aliphatic heterocycles. The Hall–Kier alpha value is -1.59. The Bertz CT molecular complexity index is 995. The van der Waals surface area contributed by atoms with Crippen molar-refractivity contribution >= 4 is 17.9 Å². The van der Waals surface area contributed by atoms with Crippen molar-refractivity contribution in [3.63, 3.8) is 0 Å². The standard InChI is InChI=1S/C59H114O6/c1-6-8-9-10-11-12-13-14-16-21-24-31-36-41-46-51-59(62)65-56(53-64-58(61)50-45-40-35-30-26-25-28-33-38-43-48-55(5)7-2)52-63-57(60)49-44-39-34-29-23-20-18-15-17-19-22-27-32-37-42-47-54(3)4/h54-56H,6-53H2,1-5H3/t55?,56-/m1/s1. The maximum absolute atomic E-state index is 12.8. The summed E-state index contributed by atoms with van der Waals surface area (Å²) in [7, 11) is 0. The van der Waals surface area contributed by atoms with Gasteiger partial charge in [-0.3, -0.25) is 14.4 Å². The van der Waals surface area contributed by atoms with Gasteiger partial charge in [0.15, 0.2) is 6.10 Å². The third-order valence-electron chi connectivity index (χ3n) is 13.8. The fourth-order valence-electron chi connectivity index (χ4n) is 9.02. The van der Waals surface area contributed by atoms with Gasteiger partial charge in [0.05, 0.1) is 0 Å². The van der Waals surface area contributed by atoms with E-state index in [1.165, 1.54) is 218 Å². The van der Waals surface area contributed by atoms with E-state index in [4.69, 9.17) is 14.2 Å². The first-order valence-electron chi connectivity index (χ1n) is 29.3. The van der Waals surface area contributed by atoms with Crippen LogP contribution in [0.3, 0.4) is 0 Å². The predicted molar refractivity (Wildman–Crippen MR) is 280 cm³/mol. The number of carbonyl (C=O) groups excluding carboxylic acids is 3. The number of hydrogen-bond donors (Lipinski definition) is 0. The molecule has 6 nitrogen and oxygen atoms in total. The van der Waals surface area contributed by atoms with Crippen molar-refractivity contribution < 1.29 is 28.6 Å². The normalized spacial score (nSPS) is 12.5. The van der Waals surface area contributed by atoms with Gasteiger partial charge in [-0.25, -0.2) is 0 Å². The fraction of sp³-hybridized carbons (Fsp3) is 0.949. The molecule has 0 aliphatic carbocycles. The zero-order chi connectivity index (χ0) is 47.5. The minimum Gasteiger partial charge on any atom is -0.462 e. The van der Waals surface area contributed by atoms with Crippen LogP contribution in [0.1, 0.15) is 330 Å². The molecule has 65 heavy (non-hydrogen) atoms. The van der Waals surface area contributed by atoms with Gasteiger partial charge in [0.1, 0.15) is 13.2 Å². The van der Waals surface area contributed by atoms with Crippen LogP contribution in [0, 0.1) is 11.8 Å². The maximum Gasteiger partial charge on any atom is 0.306 e. The minimum atomic E-state index is -0.763. The minimum absolute atomic E-state index is 0.0626. The molecule has 0 amide bonds. The molecule has 0 aromatic heterocycles. The lowest BCUT2D eigenvalue weighted by Crippen LogP contribution is -2.30. The van der Waals surface area contributed by atoms with E-state index in [-0.39, 0.29) is 31.1 Å². The second-order valence-corrected chi connectivity index (χ2v) is 21.0. The van der Waals surface area contributed by atoms with Crippen molar-refractivity contribution in [2.45, 2.75) is 336 Å². The molecule has 6 heteroatoms. The third kappa shape index (κ3) is 51.6. The molecule has 0 N–H and O–H groups in total. The van der Waals surface area contributed by atoms with Crippen molar-refractivity contribution in [1.82, 2.24) is 0 Å². The van der Waals surface area contributed by atoms with Gasteiger partial charge >= 0.3 is 17.9 Å². The highest BCUT2D eigenvalue weighted by molar-refractivity contribution is 5.71. The quantitative estimate of drug-likeness (QED) is 0.0344. The van der Waals surface area contributed by atoms with E-state index in [1.54, 1.807) is 0 Å². The van der Waals surface area contributed by atoms with Crippen molar-refractivity contribution in [2.75, 3.05) is 13.2 Å². The molecule has 0 saturated heterocycles. The molecular weight excluding hydrogens is 805 g/mol. The van der Waals surface area contributed by atoms with Crippen LogP contribution in [0.25, 0.3) is 0 Å². The average Bonchev–Trinajstić information content (AvgIpc) is 3.29. The smallest absolute Gasteiger partial charge is 0.306 e. The van der Waals surface area contributed by atoms with Gasteiger partial charge in [-0.2, -0.15) is 0 Å². The van der Waals surface area contributed by atoms with E-state index >= 15 is 0 Å². The van der Waals surface area contributed by atoms with Crippen molar-refractivity contribution in [2.24, 2.45) is 11.8 Å². The van der Waals surface area contributed by atoms with Crippen molar-refractivity contribution in [3.8, 4) is 0 Å². The lowest BCUT2D eigenvalue weighted by atomic mass is 9.99. The van der Waals surface area contributed by atoms with Gasteiger partial charge in [-0.05, 0) is 31.1 Å². The molecule has 0 radical (unpaired) electrons. The van der Waals surface area contributed by atoms with Crippen molar-refractivity contribution in [1.29, 1.82) is 0 Å². The highest BCUT2D eigenvalue weighted by Gasteiger charge is 2.19. The number of carbonyl (C=O) groups is 3. The summed E-state index contributed by atoms with van der Waals surface area (Å²) in [5, 5.41) is 0. The number of esters is 3. The van der Waals surface area contributed by atoms with Gasteiger partial charge in [0.2, 0.25) is 0 Å². The Morgan fingerprint density at radius 2 is 0.585 bits per heavy atom. The highest BCUT2D eigenvalue weighted by atomic mass is 16.6. The van der Waals surface area contributed by atoms with Crippen molar-refractivity contribution in [3.05, 3.63) is 0 Å². The lowest BCUT2D eigenvalue weighted by Gasteiger charge is -2.18. The number of ether oxygens (including phenoxy) is 3. The Kier molecular flexibility index (Phi) is 50.5. The molecule has 0 bridgehead atoms. The van der Waals surface area contributed by atoms with Gasteiger partial charge in [-0.1, -0.05) is 291 Å². The molecular formula is C59H114O6. The molecule has 0 aromatic rings. The van der Waals surface area contributed by atoms with Crippen LogP contribution in [0.4, 0.5) is 0 Å². The van der Waals surface area contributed by atoms with E-state index in [2.05, 4.69) is 34.6 Å². The summed E-state index contributed by atoms with van der Waals surface area (Å²) in [5.41, 5.74) is 0. The Labute approximate surface area is 406 Å². The molecule has 0 aromatic carbocycles. The highest BCUT2D eigenvalue weighted by Crippen LogP contribution is 2.19. The molecule has 1 unspecified atom stereocenters. The molecule has 0 aliphatic rings. The first-order valence-corrected chi connectivity index (χ1v) is 29.3. The Balaban J connectivity index is 4.30. The molecule has 0 fully saturated rings. The Morgan fingerprint density at radius 1 is 0.323 bits per heavy atom. The van der Waals surface area contributed by atoms with Gasteiger partial charge in [0, 0.05) is 19.3 Å². The van der Waals surface area contributed by atoms with Gasteiger partial charge in [-0.15, -0.1) is 0 Å². The summed E-state index contributed by atoms with van der Waals surface area (Å²) in [6.45, 7) is 11.4. The molecule has 386 valence electrons. The topological polar surface area (TPSA) is 78.9 Å². The van der Waals surface area contributed by atoms with E-state index in [0.717, 1.165) is 69.6 Å². The average molecular weight is 920 g/mol. The summed E-state index contributed by atoms with van der Waals surface area (Å²) < 4.78 is 16.9. The first kappa shape index (κ1) is 63.4. The SMILES string of the molecule is CCCCCCCCCCCCCCCCCC(=O)O[C@H](COC(=O)CCCCCCCCCCCCCCCCCC(C)C)COC(=O)CCCCCCCCCCCCC(C)CC. The van der Waals surface area contributed by atoms with Crippen LogP contribution in [0.2, 0.25) is 0 Å². The molecule has 0 spiro atoms. The monoisotopic (exact) mass is 919 g/mol. The predicted octanol–water partition coefficient (Wildman–Crippen LogP) is 19.3. The fourth-order valence-corrected chi connectivity index (χ4v) is 9.02. The van der Waals surface area contributed by atoms with E-state index in [0.29, 0.717) is 19.3 Å². The summed E-state index contributed by atoms with van der Waals surface area (Å²) >= 11 is 0. The largest absolute Gasteiger partial charge is 0.462 e. The molecule has 2 atom stereocenters. The van der Waals surface area contributed by atoms with Crippen LogP contribution >= 0.6 is 0 Å². The second-order valence-electron chi connectivity index (χ2n) is 21.0. The first-order chi connectivity index (χ1) is 31.8. The number of unbranched alkanes of at least 4 members (excludes halogenated alkanes) is 37. The number of hydrogen-bond acceptors (Lipinski definition) is 6. The van der Waals surface area contributed by atoms with Crippen LogP contribution in [0.15, 0.2) is 0 Å². The third-order valence-corrected chi connectivity index (χ3v) is 13.8. The van der Waals surface area contributed by atoms with Gasteiger partial charge < -0.3 is 14.2 Å². The second kappa shape index (κ2) is 51.8. The lowest BCUT2D eigenvalue weighted by molar-refractivity contribution is -0.167. The zero-order valence-corrected chi connectivity index (χ0v) is 44.6. The van der Waals surface area contributed by atoms with Crippen LogP contribution < -0.4 is 0 Å². The summed E-state index contributed by atoms with van der Waals surface area (Å²) in [6, 6.07) is 0. The zero-order valence-electron chi connectivity index (χ0n) is 44.6.